The molecule has 1 fully saturated rings. The van der Waals surface area contributed by atoms with Crippen LogP contribution in [0, 0.1) is 11.6 Å². The summed E-state index contributed by atoms with van der Waals surface area (Å²) in [6.07, 6.45) is 1.70. The molecule has 2 N–H and O–H groups in total. The topological polar surface area (TPSA) is 98.6 Å². The van der Waals surface area contributed by atoms with Crippen LogP contribution in [0.25, 0.3) is 27.5 Å². The van der Waals surface area contributed by atoms with Crippen molar-refractivity contribution in [3.05, 3.63) is 53.4 Å². The number of carbonyl (C=O) groups is 1. The zero-order valence-corrected chi connectivity index (χ0v) is 21.3. The summed E-state index contributed by atoms with van der Waals surface area (Å²) < 4.78 is 49.2. The molecule has 0 spiro atoms. The molecule has 4 aromatic rings. The maximum Gasteiger partial charge on any atom is 0.335 e. The van der Waals surface area contributed by atoms with Gasteiger partial charge in [0.2, 0.25) is 0 Å². The lowest BCUT2D eigenvalue weighted by molar-refractivity contribution is -0.157. The molecule has 0 amide bonds. The van der Waals surface area contributed by atoms with Crippen molar-refractivity contribution in [2.75, 3.05) is 27.4 Å². The first kappa shape index (κ1) is 25.2. The van der Waals surface area contributed by atoms with Gasteiger partial charge < -0.3 is 23.9 Å². The van der Waals surface area contributed by atoms with E-state index < -0.39 is 34.5 Å². The fraction of sp³-hybridized carbons (Fsp3) is 0.407. The summed E-state index contributed by atoms with van der Waals surface area (Å²) in [6.45, 7) is 5.87. The lowest BCUT2D eigenvalue weighted by atomic mass is 9.80. The minimum Gasteiger partial charge on any atom is -0.494 e. The van der Waals surface area contributed by atoms with Crippen LogP contribution in [-0.2, 0) is 19.7 Å². The average Bonchev–Trinajstić information content (AvgIpc) is 3.56. The highest BCUT2D eigenvalue weighted by atomic mass is 19.1. The molecule has 196 valence electrons. The number of aliphatic carboxylic acids is 1. The van der Waals surface area contributed by atoms with Gasteiger partial charge in [-0.2, -0.15) is 5.10 Å². The van der Waals surface area contributed by atoms with E-state index in [9.17, 15) is 14.3 Å². The normalized spacial score (nSPS) is 20.2. The number of aromatic amines is 1. The molecule has 2 aromatic heterocycles. The van der Waals surface area contributed by atoms with Gasteiger partial charge in [-0.25, -0.2) is 13.6 Å². The molecule has 1 aliphatic heterocycles. The third kappa shape index (κ3) is 3.86. The molecule has 3 heterocycles. The molecule has 0 saturated carbocycles. The van der Waals surface area contributed by atoms with Crippen molar-refractivity contribution in [3.8, 4) is 11.4 Å². The van der Waals surface area contributed by atoms with Gasteiger partial charge >= 0.3 is 5.97 Å². The highest BCUT2D eigenvalue weighted by Crippen LogP contribution is 2.48. The van der Waals surface area contributed by atoms with Gasteiger partial charge in [-0.1, -0.05) is 13.8 Å². The predicted octanol–water partition coefficient (Wildman–Crippen LogP) is 5.06. The van der Waals surface area contributed by atoms with Crippen LogP contribution in [0.2, 0.25) is 0 Å². The monoisotopic (exact) mass is 513 g/mol. The molecule has 8 nitrogen and oxygen atoms in total. The van der Waals surface area contributed by atoms with Crippen LogP contribution in [0.5, 0.6) is 5.75 Å². The summed E-state index contributed by atoms with van der Waals surface area (Å²) in [7, 11) is 2.97. The molecule has 0 aliphatic carbocycles. The maximum atomic E-state index is 16.3. The third-order valence-corrected chi connectivity index (χ3v) is 7.28. The Hall–Kier alpha value is -3.50. The Morgan fingerprint density at radius 3 is 2.73 bits per heavy atom. The van der Waals surface area contributed by atoms with Crippen LogP contribution in [0.1, 0.15) is 44.4 Å². The lowest BCUT2D eigenvalue weighted by Crippen LogP contribution is -2.34. The fourth-order valence-corrected chi connectivity index (χ4v) is 5.59. The first-order valence-corrected chi connectivity index (χ1v) is 11.9. The van der Waals surface area contributed by atoms with E-state index in [2.05, 4.69) is 10.2 Å². The van der Waals surface area contributed by atoms with E-state index in [0.29, 0.717) is 34.1 Å². The maximum absolute atomic E-state index is 16.3. The molecular weight excluding hydrogens is 484 g/mol. The summed E-state index contributed by atoms with van der Waals surface area (Å²) in [5.41, 5.74) is 0.647. The number of nitrogens with zero attached hydrogens (tertiary/aromatic N) is 2. The average molecular weight is 514 g/mol. The molecule has 2 atom stereocenters. The van der Waals surface area contributed by atoms with E-state index in [0.717, 1.165) is 5.69 Å². The van der Waals surface area contributed by atoms with Gasteiger partial charge in [-0.15, -0.1) is 0 Å². The van der Waals surface area contributed by atoms with E-state index in [1.165, 1.54) is 20.1 Å². The lowest BCUT2D eigenvalue weighted by Gasteiger charge is -2.29. The Labute approximate surface area is 212 Å². The van der Waals surface area contributed by atoms with Crippen LogP contribution in [0.15, 0.2) is 30.5 Å². The Bertz CT molecular complexity index is 1530. The highest BCUT2D eigenvalue weighted by Gasteiger charge is 2.46. The van der Waals surface area contributed by atoms with E-state index in [1.807, 2.05) is 24.5 Å². The Kier molecular flexibility index (Phi) is 5.99. The van der Waals surface area contributed by atoms with Crippen molar-refractivity contribution in [2.24, 2.45) is 0 Å². The molecule has 37 heavy (non-hydrogen) atoms. The molecule has 1 unspecified atom stereocenters. The van der Waals surface area contributed by atoms with E-state index >= 15 is 4.39 Å². The number of nitrogens with one attached hydrogen (secondary N) is 1. The summed E-state index contributed by atoms with van der Waals surface area (Å²) in [5, 5.41) is 17.5. The Morgan fingerprint density at radius 1 is 1.32 bits per heavy atom. The summed E-state index contributed by atoms with van der Waals surface area (Å²) in [4.78, 5) is 12.0. The van der Waals surface area contributed by atoms with Crippen molar-refractivity contribution < 1.29 is 32.9 Å². The first-order chi connectivity index (χ1) is 17.5. The second kappa shape index (κ2) is 8.81. The highest BCUT2D eigenvalue weighted by molar-refractivity contribution is 6.00. The molecule has 5 rings (SSSR count). The SMILES string of the molecule is COCC(C)(C)c1c(C2CO[C@](C)(C(=O)O)C2)c2c(F)c3[nH]ncc3cc2n1-c1ccc(F)c(OC)c1. The summed E-state index contributed by atoms with van der Waals surface area (Å²) in [5.74, 6) is -2.47. The Morgan fingerprint density at radius 2 is 2.08 bits per heavy atom. The molecule has 10 heteroatoms. The van der Waals surface area contributed by atoms with Gasteiger partial charge in [0, 0.05) is 46.7 Å². The summed E-state index contributed by atoms with van der Waals surface area (Å²) in [6, 6.07) is 6.31. The number of ether oxygens (including phenoxy) is 3. The quantitative estimate of drug-likeness (QED) is 0.358. The number of H-pyrrole nitrogens is 1. The number of carboxylic acids is 1. The van der Waals surface area contributed by atoms with Crippen LogP contribution >= 0.6 is 0 Å². The Balaban J connectivity index is 1.93. The van der Waals surface area contributed by atoms with Crippen molar-refractivity contribution >= 4 is 27.8 Å². The molecule has 1 aliphatic rings. The summed E-state index contributed by atoms with van der Waals surface area (Å²) >= 11 is 0. The van der Waals surface area contributed by atoms with Crippen molar-refractivity contribution in [2.45, 2.75) is 44.1 Å². The number of carboxylic acid groups (broad SMARTS) is 1. The van der Waals surface area contributed by atoms with Crippen LogP contribution < -0.4 is 4.74 Å². The first-order valence-electron chi connectivity index (χ1n) is 11.9. The zero-order valence-electron chi connectivity index (χ0n) is 21.3. The van der Waals surface area contributed by atoms with Crippen LogP contribution in [0.3, 0.4) is 0 Å². The number of fused-ring (bicyclic) bond motifs is 2. The largest absolute Gasteiger partial charge is 0.494 e. The minimum atomic E-state index is -1.41. The van der Waals surface area contributed by atoms with Crippen molar-refractivity contribution in [1.29, 1.82) is 0 Å². The van der Waals surface area contributed by atoms with Gasteiger partial charge in [0.05, 0.1) is 32.0 Å². The number of methoxy groups -OCH3 is 2. The second-order valence-corrected chi connectivity index (χ2v) is 10.4. The fourth-order valence-electron chi connectivity index (χ4n) is 5.59. The van der Waals surface area contributed by atoms with Crippen molar-refractivity contribution in [1.82, 2.24) is 14.8 Å². The smallest absolute Gasteiger partial charge is 0.335 e. The van der Waals surface area contributed by atoms with Crippen LogP contribution in [-0.4, -0.2) is 58.9 Å². The number of benzene rings is 2. The zero-order chi connectivity index (χ0) is 26.7. The molecular formula is C27H29F2N3O5. The van der Waals surface area contributed by atoms with E-state index in [1.54, 1.807) is 25.4 Å². The van der Waals surface area contributed by atoms with Gasteiger partial charge in [0.15, 0.2) is 23.0 Å². The van der Waals surface area contributed by atoms with E-state index in [-0.39, 0.29) is 24.3 Å². The third-order valence-electron chi connectivity index (χ3n) is 7.28. The number of halogens is 2. The number of aromatic nitrogens is 3. The second-order valence-electron chi connectivity index (χ2n) is 10.4. The minimum absolute atomic E-state index is 0.0453. The van der Waals surface area contributed by atoms with Gasteiger partial charge in [-0.3, -0.25) is 5.10 Å². The predicted molar refractivity (Wildman–Crippen MR) is 134 cm³/mol. The molecule has 0 radical (unpaired) electrons. The number of rotatable bonds is 7. The van der Waals surface area contributed by atoms with Crippen molar-refractivity contribution in [3.63, 3.8) is 0 Å². The number of hydrogen-bond donors (Lipinski definition) is 2. The molecule has 2 aromatic carbocycles. The van der Waals surface area contributed by atoms with Gasteiger partial charge in [-0.05, 0) is 37.1 Å². The standard InChI is InChI=1S/C27H29F2N3O5/c1-26(2,13-35-4)24-20(15-10-27(3,25(33)34)37-12-15)21-18(8-14-11-30-31-23(14)22(21)29)32(24)16-6-7-17(28)19(9-16)36-5/h6-9,11,15H,10,12-13H2,1-5H3,(H,30,31)(H,33,34)/t15?,27-/m0/s1. The number of hydrogen-bond acceptors (Lipinski definition) is 5. The van der Waals surface area contributed by atoms with E-state index in [4.69, 9.17) is 14.2 Å². The van der Waals surface area contributed by atoms with Crippen LogP contribution in [0.4, 0.5) is 8.78 Å². The molecule has 0 bridgehead atoms. The van der Waals surface area contributed by atoms with Gasteiger partial charge in [0.1, 0.15) is 5.52 Å². The van der Waals surface area contributed by atoms with Gasteiger partial charge in [0.25, 0.3) is 0 Å². The molecule has 1 saturated heterocycles.